The van der Waals surface area contributed by atoms with Gasteiger partial charge in [-0.15, -0.1) is 0 Å². The number of hydrogen-bond donors (Lipinski definition) is 1. The Hall–Kier alpha value is -2.77. The summed E-state index contributed by atoms with van der Waals surface area (Å²) >= 11 is 6.02. The topological polar surface area (TPSA) is 85.3 Å². The average molecular weight is 429 g/mol. The molecule has 0 radical (unpaired) electrons. The summed E-state index contributed by atoms with van der Waals surface area (Å²) in [6.07, 6.45) is 2.36. The van der Waals surface area contributed by atoms with Crippen LogP contribution in [0.15, 0.2) is 53.1 Å². The molecule has 2 aromatic carbocycles. The fourth-order valence-electron chi connectivity index (χ4n) is 3.82. The highest BCUT2D eigenvalue weighted by Gasteiger charge is 2.34. The maximum absolute atomic E-state index is 13.5. The van der Waals surface area contributed by atoms with E-state index in [1.807, 2.05) is 18.2 Å². The lowest BCUT2D eigenvalue weighted by molar-refractivity contribution is -0.132. The molecule has 30 heavy (non-hydrogen) atoms. The first kappa shape index (κ1) is 20.5. The summed E-state index contributed by atoms with van der Waals surface area (Å²) in [4.78, 5) is 19.1. The lowest BCUT2D eigenvalue weighted by atomic mass is 10.0. The zero-order valence-corrected chi connectivity index (χ0v) is 17.1. The molecule has 4 rings (SSSR count). The Labute approximate surface area is 178 Å². The van der Waals surface area contributed by atoms with E-state index >= 15 is 0 Å². The molecule has 1 aliphatic heterocycles. The van der Waals surface area contributed by atoms with Crippen molar-refractivity contribution >= 4 is 17.5 Å². The van der Waals surface area contributed by atoms with Crippen LogP contribution in [0, 0.1) is 5.82 Å². The van der Waals surface area contributed by atoms with Crippen molar-refractivity contribution < 1.29 is 13.7 Å². The molecule has 8 heteroatoms. The Morgan fingerprint density at radius 2 is 2.13 bits per heavy atom. The number of benzene rings is 2. The summed E-state index contributed by atoms with van der Waals surface area (Å²) in [7, 11) is 0. The normalized spacial score (nSPS) is 17.3. The molecular weight excluding hydrogens is 407 g/mol. The highest BCUT2D eigenvalue weighted by molar-refractivity contribution is 6.30. The van der Waals surface area contributed by atoms with Crippen LogP contribution in [0.4, 0.5) is 4.39 Å². The van der Waals surface area contributed by atoms with Crippen LogP contribution >= 0.6 is 11.6 Å². The summed E-state index contributed by atoms with van der Waals surface area (Å²) in [6.45, 7) is 0.616. The third-order valence-corrected chi connectivity index (χ3v) is 5.44. The number of amides is 1. The quantitative estimate of drug-likeness (QED) is 0.637. The molecule has 0 spiro atoms. The number of likely N-dealkylation sites (tertiary alicyclic amines) is 1. The Morgan fingerprint density at radius 1 is 1.30 bits per heavy atom. The first-order chi connectivity index (χ1) is 14.5. The molecule has 2 N–H and O–H groups in total. The smallest absolute Gasteiger partial charge is 0.249 e. The second-order valence-corrected chi connectivity index (χ2v) is 7.95. The Morgan fingerprint density at radius 3 is 2.93 bits per heavy atom. The summed E-state index contributed by atoms with van der Waals surface area (Å²) < 4.78 is 18.9. The van der Waals surface area contributed by atoms with E-state index in [2.05, 4.69) is 10.1 Å². The van der Waals surface area contributed by atoms with Crippen molar-refractivity contribution in [1.29, 1.82) is 0 Å². The minimum Gasteiger partial charge on any atom is -0.337 e. The standard InChI is InChI=1S/C22H22ClFN4O2/c23-16-6-1-4-14(10-16)11-18(25)13-20(29)28-9-3-8-19(28)22-26-21(27-30-22)15-5-2-7-17(24)12-15/h1-2,4-7,10,12,18-19H,3,8-9,11,13,25H2/t18-,19+/m1/s1. The molecule has 0 bridgehead atoms. The predicted molar refractivity (Wildman–Crippen MR) is 111 cm³/mol. The summed E-state index contributed by atoms with van der Waals surface area (Å²) in [6, 6.07) is 12.9. The van der Waals surface area contributed by atoms with Crippen molar-refractivity contribution in [3.63, 3.8) is 0 Å². The van der Waals surface area contributed by atoms with Crippen molar-refractivity contribution in [2.24, 2.45) is 5.73 Å². The van der Waals surface area contributed by atoms with Gasteiger partial charge in [-0.05, 0) is 49.1 Å². The Bertz CT molecular complexity index is 1040. The molecule has 1 amide bonds. The fourth-order valence-corrected chi connectivity index (χ4v) is 4.03. The lowest BCUT2D eigenvalue weighted by Crippen LogP contribution is -2.36. The number of rotatable bonds is 6. The molecule has 2 atom stereocenters. The minimum absolute atomic E-state index is 0.0440. The van der Waals surface area contributed by atoms with Crippen molar-refractivity contribution in [2.45, 2.75) is 37.8 Å². The number of carbonyl (C=O) groups excluding carboxylic acids is 1. The molecule has 0 saturated carbocycles. The number of carbonyl (C=O) groups is 1. The van der Waals surface area contributed by atoms with Gasteiger partial charge in [0, 0.05) is 29.6 Å². The van der Waals surface area contributed by atoms with Gasteiger partial charge in [0.2, 0.25) is 17.6 Å². The van der Waals surface area contributed by atoms with Gasteiger partial charge in [-0.1, -0.05) is 41.0 Å². The van der Waals surface area contributed by atoms with Gasteiger partial charge in [0.05, 0.1) is 0 Å². The zero-order chi connectivity index (χ0) is 21.1. The van der Waals surface area contributed by atoms with Crippen LogP contribution in [-0.4, -0.2) is 33.5 Å². The first-order valence-electron chi connectivity index (χ1n) is 9.88. The Balaban J connectivity index is 1.42. The van der Waals surface area contributed by atoms with Gasteiger partial charge >= 0.3 is 0 Å². The largest absolute Gasteiger partial charge is 0.337 e. The van der Waals surface area contributed by atoms with Crippen molar-refractivity contribution in [3.05, 3.63) is 70.8 Å². The van der Waals surface area contributed by atoms with E-state index in [1.165, 1.54) is 12.1 Å². The molecule has 1 saturated heterocycles. The first-order valence-corrected chi connectivity index (χ1v) is 10.3. The number of hydrogen-bond acceptors (Lipinski definition) is 5. The lowest BCUT2D eigenvalue weighted by Gasteiger charge is -2.23. The van der Waals surface area contributed by atoms with Crippen LogP contribution < -0.4 is 5.73 Å². The SMILES string of the molecule is N[C@@H](CC(=O)N1CCC[C@H]1c1nc(-c2cccc(F)c2)no1)Cc1cccc(Cl)c1. The average Bonchev–Trinajstić information content (AvgIpc) is 3.37. The van der Waals surface area contributed by atoms with Gasteiger partial charge in [0.25, 0.3) is 0 Å². The van der Waals surface area contributed by atoms with Crippen molar-refractivity contribution in [2.75, 3.05) is 6.54 Å². The van der Waals surface area contributed by atoms with Crippen molar-refractivity contribution in [3.8, 4) is 11.4 Å². The molecule has 3 aromatic rings. The van der Waals surface area contributed by atoms with Crippen LogP contribution in [0.25, 0.3) is 11.4 Å². The van der Waals surface area contributed by atoms with E-state index in [9.17, 15) is 9.18 Å². The van der Waals surface area contributed by atoms with E-state index in [0.717, 1.165) is 18.4 Å². The van der Waals surface area contributed by atoms with E-state index in [-0.39, 0.29) is 30.2 Å². The summed E-state index contributed by atoms with van der Waals surface area (Å²) in [5, 5.41) is 4.61. The van der Waals surface area contributed by atoms with E-state index in [0.29, 0.717) is 35.3 Å². The Kier molecular flexibility index (Phi) is 6.11. The van der Waals surface area contributed by atoms with E-state index < -0.39 is 0 Å². The van der Waals surface area contributed by atoms with E-state index in [4.69, 9.17) is 21.9 Å². The number of nitrogens with zero attached hydrogens (tertiary/aromatic N) is 3. The number of halogens is 2. The molecular formula is C22H22ClFN4O2. The number of aromatic nitrogens is 2. The van der Waals surface area contributed by atoms with Gasteiger partial charge in [-0.25, -0.2) is 4.39 Å². The molecule has 1 aliphatic rings. The van der Waals surface area contributed by atoms with Gasteiger partial charge in [-0.3, -0.25) is 4.79 Å². The van der Waals surface area contributed by atoms with Crippen LogP contribution in [0.2, 0.25) is 5.02 Å². The maximum atomic E-state index is 13.5. The van der Waals surface area contributed by atoms with Gasteiger partial charge in [-0.2, -0.15) is 4.98 Å². The molecule has 0 unspecified atom stereocenters. The van der Waals surface area contributed by atoms with Crippen molar-refractivity contribution in [1.82, 2.24) is 15.0 Å². The molecule has 1 fully saturated rings. The summed E-state index contributed by atoms with van der Waals surface area (Å²) in [5.41, 5.74) is 7.75. The monoisotopic (exact) mass is 428 g/mol. The molecule has 2 heterocycles. The molecule has 156 valence electrons. The number of nitrogens with two attached hydrogens (primary N) is 1. The molecule has 6 nitrogen and oxygen atoms in total. The highest BCUT2D eigenvalue weighted by atomic mass is 35.5. The van der Waals surface area contributed by atoms with E-state index in [1.54, 1.807) is 23.1 Å². The zero-order valence-electron chi connectivity index (χ0n) is 16.3. The molecule has 1 aromatic heterocycles. The van der Waals surface area contributed by atoms with Crippen LogP contribution in [-0.2, 0) is 11.2 Å². The van der Waals surface area contributed by atoms with Gasteiger partial charge in [0.1, 0.15) is 11.9 Å². The van der Waals surface area contributed by atoms with Crippen LogP contribution in [0.1, 0.15) is 36.8 Å². The fraction of sp³-hybridized carbons (Fsp3) is 0.318. The highest BCUT2D eigenvalue weighted by Crippen LogP contribution is 2.32. The predicted octanol–water partition coefficient (Wildman–Crippen LogP) is 4.15. The maximum Gasteiger partial charge on any atom is 0.249 e. The minimum atomic E-state index is -0.370. The van der Waals surface area contributed by atoms with Crippen LogP contribution in [0.5, 0.6) is 0 Å². The third-order valence-electron chi connectivity index (χ3n) is 5.21. The molecule has 0 aliphatic carbocycles. The van der Waals surface area contributed by atoms with Gasteiger partial charge < -0.3 is 15.2 Å². The van der Waals surface area contributed by atoms with Crippen LogP contribution in [0.3, 0.4) is 0 Å². The second-order valence-electron chi connectivity index (χ2n) is 7.51. The van der Waals surface area contributed by atoms with Gasteiger partial charge in [0.15, 0.2) is 0 Å². The third kappa shape index (κ3) is 4.68. The second kappa shape index (κ2) is 8.93. The summed E-state index contributed by atoms with van der Waals surface area (Å²) in [5.74, 6) is 0.257.